The van der Waals surface area contributed by atoms with E-state index in [4.69, 9.17) is 10.8 Å². The number of aliphatic carboxylic acids is 2. The fourth-order valence-corrected chi connectivity index (χ4v) is 4.13. The van der Waals surface area contributed by atoms with Crippen molar-refractivity contribution < 1.29 is 29.4 Å². The maximum atomic E-state index is 12.5. The normalized spacial score (nSPS) is 22.5. The standard InChI is InChI=1S/C20H27N7O7/c21-20-25-16-15(18(32)26-20)27(9-28)12(8-23-16)7-22-11-3-1-10(2-4-11)17(31)24-13(19(33)34)5-6-14(29)30/h8-13,22H,1-7H2,(H,24,31)(H,29,30)(H,33,34)(H3,21,25,26,32). The van der Waals surface area contributed by atoms with Crippen molar-refractivity contribution in [3.8, 4) is 0 Å². The largest absolute Gasteiger partial charge is 0.481 e. The number of nitrogens with zero attached hydrogens (tertiary/aromatic N) is 3. The van der Waals surface area contributed by atoms with Gasteiger partial charge in [-0.25, -0.2) is 9.79 Å². The summed E-state index contributed by atoms with van der Waals surface area (Å²) in [6, 6.07) is -1.70. The molecule has 1 aliphatic carbocycles. The number of fused-ring (bicyclic) bond motifs is 1. The molecule has 0 radical (unpaired) electrons. The number of nitrogen functional groups attached to an aromatic ring is 1. The second kappa shape index (κ2) is 10.9. The molecule has 2 atom stereocenters. The summed E-state index contributed by atoms with van der Waals surface area (Å²) in [5.74, 6) is -3.19. The van der Waals surface area contributed by atoms with Crippen LogP contribution in [0.1, 0.15) is 38.5 Å². The van der Waals surface area contributed by atoms with Crippen LogP contribution >= 0.6 is 0 Å². The average molecular weight is 477 g/mol. The molecule has 0 bridgehead atoms. The van der Waals surface area contributed by atoms with Crippen LogP contribution in [0.4, 0.5) is 17.5 Å². The van der Waals surface area contributed by atoms with Crippen LogP contribution in [-0.4, -0.2) is 75.3 Å². The molecule has 1 aromatic heterocycles. The van der Waals surface area contributed by atoms with Gasteiger partial charge in [-0.05, 0) is 32.1 Å². The van der Waals surface area contributed by atoms with E-state index in [0.717, 1.165) is 0 Å². The number of aromatic amines is 1. The fourth-order valence-electron chi connectivity index (χ4n) is 4.13. The summed E-state index contributed by atoms with van der Waals surface area (Å²) in [6.07, 6.45) is 3.85. The number of aromatic nitrogens is 2. The molecular formula is C20H27N7O7. The van der Waals surface area contributed by atoms with Crippen LogP contribution in [0.2, 0.25) is 0 Å². The number of carboxylic acids is 2. The highest BCUT2D eigenvalue weighted by Crippen LogP contribution is 2.28. The first-order valence-electron chi connectivity index (χ1n) is 10.9. The van der Waals surface area contributed by atoms with Crippen molar-refractivity contribution in [2.75, 3.05) is 17.2 Å². The summed E-state index contributed by atoms with van der Waals surface area (Å²) in [6.45, 7) is 0.323. The van der Waals surface area contributed by atoms with Gasteiger partial charge in [0.15, 0.2) is 11.5 Å². The Morgan fingerprint density at radius 1 is 1.26 bits per heavy atom. The Morgan fingerprint density at radius 2 is 1.97 bits per heavy atom. The second-order valence-corrected chi connectivity index (χ2v) is 8.27. The van der Waals surface area contributed by atoms with Crippen LogP contribution in [0.5, 0.6) is 0 Å². The van der Waals surface area contributed by atoms with E-state index >= 15 is 0 Å². The van der Waals surface area contributed by atoms with Crippen LogP contribution in [0.25, 0.3) is 0 Å². The number of nitrogens with two attached hydrogens (primary N) is 1. The molecule has 7 N–H and O–H groups in total. The van der Waals surface area contributed by atoms with Gasteiger partial charge in [-0.2, -0.15) is 4.98 Å². The topological polar surface area (TPSA) is 220 Å². The Balaban J connectivity index is 1.50. The van der Waals surface area contributed by atoms with Crippen molar-refractivity contribution in [2.45, 2.75) is 56.7 Å². The SMILES string of the molecule is Nc1nc2c(c(=O)[nH]1)N(C=O)C(CNC1CCC(C(=O)NC(CCC(=O)O)C(=O)O)CC1)C=N2. The van der Waals surface area contributed by atoms with Gasteiger partial charge >= 0.3 is 11.9 Å². The van der Waals surface area contributed by atoms with Crippen molar-refractivity contribution >= 4 is 47.9 Å². The highest BCUT2D eigenvalue weighted by molar-refractivity contribution is 5.92. The first-order chi connectivity index (χ1) is 16.2. The minimum atomic E-state index is -1.27. The van der Waals surface area contributed by atoms with Crippen molar-refractivity contribution in [3.05, 3.63) is 10.4 Å². The van der Waals surface area contributed by atoms with Gasteiger partial charge in [-0.15, -0.1) is 0 Å². The summed E-state index contributed by atoms with van der Waals surface area (Å²) >= 11 is 0. The lowest BCUT2D eigenvalue weighted by atomic mass is 9.85. The molecule has 2 unspecified atom stereocenters. The molecule has 1 saturated carbocycles. The summed E-state index contributed by atoms with van der Waals surface area (Å²) in [5.41, 5.74) is 4.98. The highest BCUT2D eigenvalue weighted by atomic mass is 16.4. The average Bonchev–Trinajstić information content (AvgIpc) is 2.79. The van der Waals surface area contributed by atoms with E-state index in [1.165, 1.54) is 11.1 Å². The Hall–Kier alpha value is -3.81. The summed E-state index contributed by atoms with van der Waals surface area (Å²) < 4.78 is 0. The summed E-state index contributed by atoms with van der Waals surface area (Å²) in [7, 11) is 0. The molecule has 2 aliphatic rings. The monoisotopic (exact) mass is 477 g/mol. The molecule has 2 amide bonds. The molecule has 14 nitrogen and oxygen atoms in total. The lowest BCUT2D eigenvalue weighted by Crippen LogP contribution is -2.50. The molecule has 14 heteroatoms. The summed E-state index contributed by atoms with van der Waals surface area (Å²) in [4.78, 5) is 70.0. The number of hydrogen-bond acceptors (Lipinski definition) is 9. The third-order valence-corrected chi connectivity index (χ3v) is 5.97. The number of nitrogens with one attached hydrogen (secondary N) is 3. The zero-order valence-corrected chi connectivity index (χ0v) is 18.3. The Morgan fingerprint density at radius 3 is 2.59 bits per heavy atom. The van der Waals surface area contributed by atoms with E-state index in [9.17, 15) is 29.1 Å². The van der Waals surface area contributed by atoms with E-state index in [1.807, 2.05) is 0 Å². The molecule has 184 valence electrons. The Kier molecular flexibility index (Phi) is 7.94. The molecule has 0 spiro atoms. The van der Waals surface area contributed by atoms with Gasteiger partial charge in [0.1, 0.15) is 6.04 Å². The first-order valence-corrected chi connectivity index (χ1v) is 10.9. The molecule has 0 aromatic carbocycles. The number of carbonyl (C=O) groups excluding carboxylic acids is 2. The maximum absolute atomic E-state index is 12.5. The van der Waals surface area contributed by atoms with Crippen molar-refractivity contribution in [2.24, 2.45) is 10.9 Å². The van der Waals surface area contributed by atoms with E-state index in [1.54, 1.807) is 0 Å². The Labute approximate surface area is 193 Å². The summed E-state index contributed by atoms with van der Waals surface area (Å²) in [5, 5.41) is 23.7. The zero-order valence-electron chi connectivity index (χ0n) is 18.3. The van der Waals surface area contributed by atoms with Crippen LogP contribution in [0.3, 0.4) is 0 Å². The molecular weight excluding hydrogens is 450 g/mol. The lowest BCUT2D eigenvalue weighted by Gasteiger charge is -2.32. The molecule has 34 heavy (non-hydrogen) atoms. The van der Waals surface area contributed by atoms with E-state index < -0.39 is 35.5 Å². The third kappa shape index (κ3) is 5.95. The smallest absolute Gasteiger partial charge is 0.326 e. The number of carbonyl (C=O) groups is 4. The highest BCUT2D eigenvalue weighted by Gasteiger charge is 2.31. The van der Waals surface area contributed by atoms with Gasteiger partial charge in [-0.3, -0.25) is 29.1 Å². The second-order valence-electron chi connectivity index (χ2n) is 8.27. The quantitative estimate of drug-likeness (QED) is 0.225. The molecule has 3 rings (SSSR count). The Bertz CT molecular complexity index is 1030. The van der Waals surface area contributed by atoms with Gasteiger partial charge in [0.05, 0.1) is 6.04 Å². The van der Waals surface area contributed by atoms with Crippen molar-refractivity contribution in [1.82, 2.24) is 20.6 Å². The number of anilines is 2. The van der Waals surface area contributed by atoms with Gasteiger partial charge in [0, 0.05) is 31.1 Å². The van der Waals surface area contributed by atoms with Gasteiger partial charge in [0.2, 0.25) is 18.3 Å². The number of hydrogen-bond donors (Lipinski definition) is 6. The molecule has 1 aromatic rings. The van der Waals surface area contributed by atoms with E-state index in [2.05, 4.69) is 25.6 Å². The van der Waals surface area contributed by atoms with E-state index in [0.29, 0.717) is 38.6 Å². The van der Waals surface area contributed by atoms with Gasteiger partial charge < -0.3 is 26.6 Å². The molecule has 2 heterocycles. The van der Waals surface area contributed by atoms with Crippen LogP contribution in [0.15, 0.2) is 9.79 Å². The number of amides is 2. The van der Waals surface area contributed by atoms with Crippen LogP contribution < -0.4 is 26.8 Å². The molecule has 1 fully saturated rings. The van der Waals surface area contributed by atoms with Crippen molar-refractivity contribution in [1.29, 1.82) is 0 Å². The molecule has 0 saturated heterocycles. The van der Waals surface area contributed by atoms with Gasteiger partial charge in [0.25, 0.3) is 5.56 Å². The predicted molar refractivity (Wildman–Crippen MR) is 120 cm³/mol. The third-order valence-electron chi connectivity index (χ3n) is 5.97. The number of rotatable bonds is 10. The van der Waals surface area contributed by atoms with Crippen LogP contribution in [-0.2, 0) is 19.2 Å². The number of aliphatic imine (C=N–C) groups is 1. The minimum Gasteiger partial charge on any atom is -0.481 e. The van der Waals surface area contributed by atoms with Crippen molar-refractivity contribution in [3.63, 3.8) is 0 Å². The predicted octanol–water partition coefficient (Wildman–Crippen LogP) is -1.02. The number of H-pyrrole nitrogens is 1. The number of carboxylic acid groups (broad SMARTS) is 2. The fraction of sp³-hybridized carbons (Fsp3) is 0.550. The zero-order chi connectivity index (χ0) is 24.8. The van der Waals surface area contributed by atoms with Gasteiger partial charge in [-0.1, -0.05) is 0 Å². The maximum Gasteiger partial charge on any atom is 0.326 e. The molecule has 1 aliphatic heterocycles. The minimum absolute atomic E-state index is 0.0229. The van der Waals surface area contributed by atoms with E-state index in [-0.39, 0.29) is 42.3 Å². The van der Waals surface area contributed by atoms with Crippen LogP contribution in [0, 0.1) is 5.92 Å². The lowest BCUT2D eigenvalue weighted by molar-refractivity contribution is -0.143. The first kappa shape index (κ1) is 24.8.